The minimum atomic E-state index is -0.187. The number of para-hydroxylation sites is 1. The molecule has 0 atom stereocenters. The molecule has 0 aliphatic heterocycles. The molecule has 0 saturated carbocycles. The SMILES string of the molecule is CNC(=O)Cc1nc2ccccc2c(=O)n1-c1ccc(C)cc1. The molecule has 1 aromatic heterocycles. The minimum absolute atomic E-state index is 0.0461. The number of rotatable bonds is 3. The standard InChI is InChI=1S/C18H17N3O2/c1-12-7-9-13(10-8-12)21-16(11-17(22)19-2)20-15-6-4-3-5-14(15)18(21)23/h3-10H,11H2,1-2H3,(H,19,22). The molecule has 1 heterocycles. The maximum absolute atomic E-state index is 12.9. The Labute approximate surface area is 133 Å². The van der Waals surface area contributed by atoms with Crippen molar-refractivity contribution in [3.8, 4) is 5.69 Å². The Bertz CT molecular complexity index is 927. The molecule has 0 aliphatic rings. The van der Waals surface area contributed by atoms with E-state index in [9.17, 15) is 9.59 Å². The molecular weight excluding hydrogens is 290 g/mol. The first-order valence-electron chi connectivity index (χ1n) is 7.38. The highest BCUT2D eigenvalue weighted by atomic mass is 16.1. The Morgan fingerprint density at radius 3 is 2.52 bits per heavy atom. The zero-order chi connectivity index (χ0) is 16.4. The van der Waals surface area contributed by atoms with E-state index in [0.717, 1.165) is 5.56 Å². The van der Waals surface area contributed by atoms with Crippen molar-refractivity contribution in [2.24, 2.45) is 0 Å². The van der Waals surface area contributed by atoms with Crippen LogP contribution in [-0.4, -0.2) is 22.5 Å². The van der Waals surface area contributed by atoms with Gasteiger partial charge >= 0.3 is 0 Å². The number of aromatic nitrogens is 2. The Morgan fingerprint density at radius 1 is 1.13 bits per heavy atom. The van der Waals surface area contributed by atoms with E-state index in [2.05, 4.69) is 10.3 Å². The van der Waals surface area contributed by atoms with Gasteiger partial charge in [0.1, 0.15) is 5.82 Å². The molecule has 5 heteroatoms. The lowest BCUT2D eigenvalue weighted by molar-refractivity contribution is -0.120. The second kappa shape index (κ2) is 6.04. The third-order valence-corrected chi connectivity index (χ3v) is 3.73. The first kappa shape index (κ1) is 15.0. The lowest BCUT2D eigenvalue weighted by Gasteiger charge is -2.13. The number of nitrogens with one attached hydrogen (secondary N) is 1. The van der Waals surface area contributed by atoms with E-state index < -0.39 is 0 Å². The highest BCUT2D eigenvalue weighted by Gasteiger charge is 2.14. The van der Waals surface area contributed by atoms with Crippen LogP contribution in [0.4, 0.5) is 0 Å². The Hall–Kier alpha value is -2.95. The Kier molecular flexibility index (Phi) is 3.93. The summed E-state index contributed by atoms with van der Waals surface area (Å²) in [7, 11) is 1.57. The summed E-state index contributed by atoms with van der Waals surface area (Å²) in [5.74, 6) is 0.241. The van der Waals surface area contributed by atoms with E-state index in [1.165, 1.54) is 4.57 Å². The van der Waals surface area contributed by atoms with Crippen LogP contribution in [0, 0.1) is 6.92 Å². The average molecular weight is 307 g/mol. The van der Waals surface area contributed by atoms with Crippen molar-refractivity contribution in [3.63, 3.8) is 0 Å². The zero-order valence-corrected chi connectivity index (χ0v) is 13.0. The molecule has 0 fully saturated rings. The monoisotopic (exact) mass is 307 g/mol. The summed E-state index contributed by atoms with van der Waals surface area (Å²) in [6.07, 6.45) is 0.0461. The maximum Gasteiger partial charge on any atom is 0.265 e. The number of nitrogens with zero attached hydrogens (tertiary/aromatic N) is 2. The van der Waals surface area contributed by atoms with Crippen molar-refractivity contribution in [3.05, 3.63) is 70.3 Å². The van der Waals surface area contributed by atoms with Gasteiger partial charge in [-0.05, 0) is 31.2 Å². The van der Waals surface area contributed by atoms with E-state index in [-0.39, 0.29) is 17.9 Å². The molecule has 0 unspecified atom stereocenters. The molecule has 0 saturated heterocycles. The molecule has 0 radical (unpaired) electrons. The Morgan fingerprint density at radius 2 is 1.83 bits per heavy atom. The molecular formula is C18H17N3O2. The summed E-state index contributed by atoms with van der Waals surface area (Å²) in [6, 6.07) is 14.8. The fourth-order valence-corrected chi connectivity index (χ4v) is 2.49. The zero-order valence-electron chi connectivity index (χ0n) is 13.0. The van der Waals surface area contributed by atoms with Gasteiger partial charge in [-0.1, -0.05) is 29.8 Å². The number of amides is 1. The molecule has 23 heavy (non-hydrogen) atoms. The Balaban J connectivity index is 2.29. The van der Waals surface area contributed by atoms with Crippen molar-refractivity contribution in [1.82, 2.24) is 14.9 Å². The first-order valence-corrected chi connectivity index (χ1v) is 7.38. The average Bonchev–Trinajstić information content (AvgIpc) is 2.56. The van der Waals surface area contributed by atoms with Crippen LogP contribution in [0.3, 0.4) is 0 Å². The van der Waals surface area contributed by atoms with Crippen LogP contribution in [0.2, 0.25) is 0 Å². The number of carbonyl (C=O) groups is 1. The summed E-state index contributed by atoms with van der Waals surface area (Å²) >= 11 is 0. The number of hydrogen-bond donors (Lipinski definition) is 1. The van der Waals surface area contributed by atoms with Crippen LogP contribution in [0.15, 0.2) is 53.3 Å². The number of likely N-dealkylation sites (N-methyl/N-ethyl adjacent to an activating group) is 1. The normalized spacial score (nSPS) is 10.7. The van der Waals surface area contributed by atoms with Crippen LogP contribution in [0.5, 0.6) is 0 Å². The number of benzene rings is 2. The van der Waals surface area contributed by atoms with E-state index in [1.54, 1.807) is 19.2 Å². The van der Waals surface area contributed by atoms with Crippen molar-refractivity contribution in [2.75, 3.05) is 7.05 Å². The summed E-state index contributed by atoms with van der Waals surface area (Å²) in [5.41, 5.74) is 2.24. The van der Waals surface area contributed by atoms with Gasteiger partial charge in [-0.2, -0.15) is 0 Å². The van der Waals surface area contributed by atoms with Gasteiger partial charge in [-0.15, -0.1) is 0 Å². The topological polar surface area (TPSA) is 64.0 Å². The number of aryl methyl sites for hydroxylation is 1. The molecule has 5 nitrogen and oxygen atoms in total. The molecule has 1 amide bonds. The second-order valence-corrected chi connectivity index (χ2v) is 5.37. The first-order chi connectivity index (χ1) is 11.1. The van der Waals surface area contributed by atoms with Crippen LogP contribution in [0.25, 0.3) is 16.6 Å². The van der Waals surface area contributed by atoms with Crippen molar-refractivity contribution in [1.29, 1.82) is 0 Å². The van der Waals surface area contributed by atoms with Gasteiger partial charge in [-0.3, -0.25) is 14.2 Å². The minimum Gasteiger partial charge on any atom is -0.359 e. The molecule has 2 aromatic carbocycles. The summed E-state index contributed by atoms with van der Waals surface area (Å²) in [4.78, 5) is 29.2. The van der Waals surface area contributed by atoms with Crippen molar-refractivity contribution >= 4 is 16.8 Å². The van der Waals surface area contributed by atoms with Gasteiger partial charge in [-0.25, -0.2) is 4.98 Å². The third-order valence-electron chi connectivity index (χ3n) is 3.73. The van der Waals surface area contributed by atoms with E-state index in [0.29, 0.717) is 22.4 Å². The van der Waals surface area contributed by atoms with Gasteiger partial charge in [0.05, 0.1) is 23.0 Å². The number of fused-ring (bicyclic) bond motifs is 1. The van der Waals surface area contributed by atoms with Gasteiger partial charge in [0, 0.05) is 7.05 Å². The quantitative estimate of drug-likeness (QED) is 0.805. The van der Waals surface area contributed by atoms with Gasteiger partial charge in [0.15, 0.2) is 0 Å². The van der Waals surface area contributed by atoms with Gasteiger partial charge in [0.2, 0.25) is 5.91 Å². The maximum atomic E-state index is 12.9. The fraction of sp³-hybridized carbons (Fsp3) is 0.167. The number of carbonyl (C=O) groups excluding carboxylic acids is 1. The summed E-state index contributed by atoms with van der Waals surface area (Å²) < 4.78 is 1.51. The fourth-order valence-electron chi connectivity index (χ4n) is 2.49. The third kappa shape index (κ3) is 2.85. The molecule has 1 N–H and O–H groups in total. The van der Waals surface area contributed by atoms with E-state index >= 15 is 0 Å². The molecule has 3 aromatic rings. The van der Waals surface area contributed by atoms with Crippen LogP contribution >= 0.6 is 0 Å². The summed E-state index contributed by atoms with van der Waals surface area (Å²) in [6.45, 7) is 1.98. The smallest absolute Gasteiger partial charge is 0.265 e. The lowest BCUT2D eigenvalue weighted by atomic mass is 10.2. The largest absolute Gasteiger partial charge is 0.359 e. The molecule has 3 rings (SSSR count). The highest BCUT2D eigenvalue weighted by Crippen LogP contribution is 2.14. The predicted octanol–water partition coefficient (Wildman–Crippen LogP) is 1.98. The highest BCUT2D eigenvalue weighted by molar-refractivity contribution is 5.80. The summed E-state index contributed by atoms with van der Waals surface area (Å²) in [5, 5.41) is 3.11. The predicted molar refractivity (Wildman–Crippen MR) is 89.8 cm³/mol. The van der Waals surface area contributed by atoms with Crippen LogP contribution in [0.1, 0.15) is 11.4 Å². The van der Waals surface area contributed by atoms with E-state index in [4.69, 9.17) is 0 Å². The molecule has 116 valence electrons. The molecule has 0 bridgehead atoms. The van der Waals surface area contributed by atoms with E-state index in [1.807, 2.05) is 43.3 Å². The van der Waals surface area contributed by atoms with Crippen LogP contribution < -0.4 is 10.9 Å². The lowest BCUT2D eigenvalue weighted by Crippen LogP contribution is -2.28. The molecule has 0 aliphatic carbocycles. The van der Waals surface area contributed by atoms with Crippen LogP contribution in [-0.2, 0) is 11.2 Å². The molecule has 0 spiro atoms. The number of hydrogen-bond acceptors (Lipinski definition) is 3. The second-order valence-electron chi connectivity index (χ2n) is 5.37. The van der Waals surface area contributed by atoms with Crippen molar-refractivity contribution in [2.45, 2.75) is 13.3 Å². The van der Waals surface area contributed by atoms with Gasteiger partial charge < -0.3 is 5.32 Å². The van der Waals surface area contributed by atoms with Crippen molar-refractivity contribution < 1.29 is 4.79 Å². The van der Waals surface area contributed by atoms with Gasteiger partial charge in [0.25, 0.3) is 5.56 Å².